The van der Waals surface area contributed by atoms with Crippen molar-refractivity contribution < 1.29 is 42.5 Å². The number of imide groups is 1. The molecule has 5 amide bonds. The van der Waals surface area contributed by atoms with Gasteiger partial charge >= 0.3 is 6.03 Å². The van der Waals surface area contributed by atoms with Crippen LogP contribution in [0.15, 0.2) is 66.7 Å². The number of fused-ring (bicyclic) bond motifs is 2. The quantitative estimate of drug-likeness (QED) is 0.0841. The first-order valence-corrected chi connectivity index (χ1v) is 27.5. The minimum Gasteiger partial charge on any atom is -0.488 e. The monoisotopic (exact) mass is 1060 g/mol. The Hall–Kier alpha value is -6.14. The van der Waals surface area contributed by atoms with Crippen LogP contribution in [0.25, 0.3) is 22.0 Å². The molecule has 5 aromatic rings. The van der Waals surface area contributed by atoms with Crippen LogP contribution in [0, 0.1) is 28.9 Å². The van der Waals surface area contributed by atoms with E-state index in [2.05, 4.69) is 43.7 Å². The first kappa shape index (κ1) is 51.9. The lowest BCUT2D eigenvalue weighted by molar-refractivity contribution is -0.141. The normalized spacial score (nSPS) is 24.1. The highest BCUT2D eigenvalue weighted by atomic mass is 35.5. The van der Waals surface area contributed by atoms with Gasteiger partial charge in [-0.2, -0.15) is 5.10 Å². The number of aliphatic hydroxyl groups excluding tert-OH is 1. The molecular formula is C58H67ClF2N8O7. The number of aromatic nitrogens is 2. The third-order valence-corrected chi connectivity index (χ3v) is 18.3. The number of likely N-dealkylation sites (tertiary alicyclic amines) is 2. The number of piperidine rings is 2. The van der Waals surface area contributed by atoms with Gasteiger partial charge in [0.2, 0.25) is 17.7 Å². The number of aryl methyl sites for hydroxylation is 1. The number of ether oxygens (including phenoxy) is 2. The summed E-state index contributed by atoms with van der Waals surface area (Å²) in [5.41, 5.74) is 8.00. The van der Waals surface area contributed by atoms with Gasteiger partial charge in [-0.25, -0.2) is 13.6 Å². The van der Waals surface area contributed by atoms with Gasteiger partial charge in [-0.3, -0.25) is 29.3 Å². The van der Waals surface area contributed by atoms with Crippen molar-refractivity contribution in [2.45, 2.75) is 101 Å². The number of anilines is 1. The summed E-state index contributed by atoms with van der Waals surface area (Å²) in [4.78, 5) is 57.5. The van der Waals surface area contributed by atoms with Crippen molar-refractivity contribution in [2.24, 2.45) is 30.0 Å². The molecule has 0 radical (unpaired) electrons. The second-order valence-corrected chi connectivity index (χ2v) is 22.7. The molecule has 4 aliphatic heterocycles. The molecule has 2 saturated carbocycles. The molecule has 1 spiro atoms. The molecule has 5 fully saturated rings. The second kappa shape index (κ2) is 21.0. The fraction of sp³-hybridized carbons (Fsp3) is 0.500. The molecule has 5 heterocycles. The van der Waals surface area contributed by atoms with Crippen LogP contribution >= 0.6 is 11.6 Å². The Morgan fingerprint density at radius 1 is 0.947 bits per heavy atom. The number of rotatable bonds is 14. The van der Waals surface area contributed by atoms with Crippen molar-refractivity contribution in [2.75, 3.05) is 63.9 Å². The molecule has 0 unspecified atom stereocenters. The highest BCUT2D eigenvalue weighted by Crippen LogP contribution is 2.57. The maximum absolute atomic E-state index is 16.5. The van der Waals surface area contributed by atoms with Gasteiger partial charge in [0.25, 0.3) is 0 Å². The lowest BCUT2D eigenvalue weighted by Crippen LogP contribution is -2.52. The van der Waals surface area contributed by atoms with Crippen molar-refractivity contribution >= 4 is 52.1 Å². The Morgan fingerprint density at radius 3 is 2.38 bits per heavy atom. The fourth-order valence-corrected chi connectivity index (χ4v) is 14.0. The zero-order valence-electron chi connectivity index (χ0n) is 43.2. The summed E-state index contributed by atoms with van der Waals surface area (Å²) in [7, 11) is 1.90. The molecule has 402 valence electrons. The molecule has 1 aromatic heterocycles. The average molecular weight is 1060 g/mol. The summed E-state index contributed by atoms with van der Waals surface area (Å²) in [6.07, 6.45) is 10.2. The van der Waals surface area contributed by atoms with E-state index in [0.717, 1.165) is 101 Å². The summed E-state index contributed by atoms with van der Waals surface area (Å²) in [6.45, 7) is 6.87. The lowest BCUT2D eigenvalue weighted by Gasteiger charge is -2.54. The number of primary amides is 1. The predicted octanol–water partition coefficient (Wildman–Crippen LogP) is 8.53. The van der Waals surface area contributed by atoms with E-state index in [9.17, 15) is 24.3 Å². The number of nitrogens with two attached hydrogens (primary N) is 1. The molecule has 15 nitrogen and oxygen atoms in total. The number of carbonyl (C=O) groups excluding carboxylic acids is 4. The Balaban J connectivity index is 0.666. The van der Waals surface area contributed by atoms with Crippen molar-refractivity contribution in [3.63, 3.8) is 0 Å². The van der Waals surface area contributed by atoms with E-state index in [4.69, 9.17) is 26.8 Å². The molecule has 3 saturated heterocycles. The smallest absolute Gasteiger partial charge is 0.329 e. The van der Waals surface area contributed by atoms with Gasteiger partial charge in [-0.1, -0.05) is 54.9 Å². The van der Waals surface area contributed by atoms with E-state index in [0.29, 0.717) is 41.7 Å². The Labute approximate surface area is 446 Å². The number of urea groups is 1. The van der Waals surface area contributed by atoms with Crippen LogP contribution < -0.4 is 30.7 Å². The third-order valence-electron chi connectivity index (χ3n) is 17.9. The summed E-state index contributed by atoms with van der Waals surface area (Å²) in [5.74, 6) is -1.66. The van der Waals surface area contributed by atoms with Crippen LogP contribution in [0.1, 0.15) is 116 Å². The van der Waals surface area contributed by atoms with E-state index in [1.165, 1.54) is 36.6 Å². The Kier molecular flexibility index (Phi) is 14.4. The van der Waals surface area contributed by atoms with E-state index in [1.807, 2.05) is 49.0 Å². The summed E-state index contributed by atoms with van der Waals surface area (Å²) in [5, 5.41) is 20.7. The van der Waals surface area contributed by atoms with E-state index < -0.39 is 35.1 Å². The number of nitrogens with zero attached hydrogens (tertiary/aromatic N) is 5. The maximum Gasteiger partial charge on any atom is 0.329 e. The van der Waals surface area contributed by atoms with Gasteiger partial charge in [0.05, 0.1) is 22.7 Å². The Morgan fingerprint density at radius 2 is 1.68 bits per heavy atom. The number of benzene rings is 4. The highest BCUT2D eigenvalue weighted by molar-refractivity contribution is 6.34. The van der Waals surface area contributed by atoms with Crippen LogP contribution in [0.2, 0.25) is 5.02 Å². The molecular weight excluding hydrogens is 994 g/mol. The van der Waals surface area contributed by atoms with Crippen LogP contribution in [-0.4, -0.2) is 114 Å². The topological polar surface area (TPSA) is 185 Å². The van der Waals surface area contributed by atoms with Gasteiger partial charge in [0.15, 0.2) is 23.0 Å². The second-order valence-electron chi connectivity index (χ2n) is 22.4. The van der Waals surface area contributed by atoms with E-state index in [-0.39, 0.29) is 76.6 Å². The number of hydrogen-bond donors (Lipinski definition) is 4. The number of halogens is 3. The zero-order valence-corrected chi connectivity index (χ0v) is 44.0. The molecule has 11 rings (SSSR count). The third kappa shape index (κ3) is 9.59. The fourth-order valence-electron chi connectivity index (χ4n) is 13.8. The van der Waals surface area contributed by atoms with Gasteiger partial charge in [0, 0.05) is 92.2 Å². The molecule has 5 N–H and O–H groups in total. The summed E-state index contributed by atoms with van der Waals surface area (Å²) >= 11 is 6.74. The lowest BCUT2D eigenvalue weighted by atomic mass is 9.57. The molecule has 6 aliphatic rings. The molecule has 4 aromatic carbocycles. The standard InChI is InChI=1S/C58H67ClF2N8O7/c1-34-48-46(29-43(60)51(59)50(48)49-42(53(62)72)14-15-45(52(49)61)75-27-26-70)76-58(34,39-6-4-3-5-7-39)33-63-40-11-8-37(9-12-40)55(73)68-24-19-57(20-25-68)30-35(31-57)32-67-21-16-36(17-22-67)38-10-13-41-44(28-38)66(2)65-54(41)69-23-18-47(71)64-56(69)74/h3-7,10,13-15,28-29,34-37,40,63,70H,8-9,11-12,16-27,30-33H2,1-2H3,(H2,62,72)(H,64,71,74)/t34-,37?,40?,58-/m0/s1. The average Bonchev–Trinajstić information content (AvgIpc) is 3.92. The van der Waals surface area contributed by atoms with Crippen LogP contribution in [0.5, 0.6) is 11.5 Å². The molecule has 2 aliphatic carbocycles. The van der Waals surface area contributed by atoms with E-state index in [1.54, 1.807) is 4.90 Å². The number of carbonyl (C=O) groups is 4. The van der Waals surface area contributed by atoms with Crippen molar-refractivity contribution in [1.82, 2.24) is 30.2 Å². The van der Waals surface area contributed by atoms with Crippen molar-refractivity contribution in [3.8, 4) is 22.6 Å². The molecule has 18 heteroatoms. The SMILES string of the molecule is C[C@H]1c2c(cc(F)c(Cl)c2-c2c(C(N)=O)ccc(OCCO)c2F)O[C@]1(CNC1CCC(C(=O)N2CCC3(CC2)CC(CN2CCC(c4ccc5c(N6CCC(=O)NC6=O)nn(C)c5c4)CC2)C3)CC1)c1ccccc1. The minimum absolute atomic E-state index is 0.0309. The minimum atomic E-state index is -1.09. The summed E-state index contributed by atoms with van der Waals surface area (Å²) in [6, 6.07) is 19.5. The van der Waals surface area contributed by atoms with Gasteiger partial charge in [-0.05, 0) is 130 Å². The van der Waals surface area contributed by atoms with E-state index >= 15 is 8.78 Å². The number of nitrogens with one attached hydrogen (secondary N) is 2. The zero-order chi connectivity index (χ0) is 53.0. The first-order chi connectivity index (χ1) is 36.7. The van der Waals surface area contributed by atoms with Crippen LogP contribution in [0.4, 0.5) is 19.4 Å². The van der Waals surface area contributed by atoms with Gasteiger partial charge < -0.3 is 35.4 Å². The largest absolute Gasteiger partial charge is 0.488 e. The maximum atomic E-state index is 16.5. The predicted molar refractivity (Wildman–Crippen MR) is 284 cm³/mol. The highest BCUT2D eigenvalue weighted by Gasteiger charge is 2.51. The molecule has 76 heavy (non-hydrogen) atoms. The first-order valence-electron chi connectivity index (χ1n) is 27.1. The van der Waals surface area contributed by atoms with Crippen LogP contribution in [0.3, 0.4) is 0 Å². The van der Waals surface area contributed by atoms with Crippen LogP contribution in [-0.2, 0) is 22.2 Å². The Bertz CT molecular complexity index is 3050. The van der Waals surface area contributed by atoms with Crippen molar-refractivity contribution in [1.29, 1.82) is 0 Å². The number of hydrogen-bond acceptors (Lipinski definition) is 10. The van der Waals surface area contributed by atoms with Crippen molar-refractivity contribution in [3.05, 3.63) is 106 Å². The van der Waals surface area contributed by atoms with Gasteiger partial charge in [-0.15, -0.1) is 0 Å². The molecule has 2 atom stereocenters. The van der Waals surface area contributed by atoms with Gasteiger partial charge in [0.1, 0.15) is 18.2 Å². The molecule has 0 bridgehead atoms. The number of amides is 5. The number of aliphatic hydroxyl groups is 1. The summed E-state index contributed by atoms with van der Waals surface area (Å²) < 4.78 is 46.5.